The Balaban J connectivity index is 1.87. The fourth-order valence-electron chi connectivity index (χ4n) is 4.79. The number of nitrogens with zero attached hydrogens (tertiary/aromatic N) is 4. The Morgan fingerprint density at radius 2 is 0.909 bits per heavy atom. The summed E-state index contributed by atoms with van der Waals surface area (Å²) in [5.74, 6) is 0. The zero-order valence-electron chi connectivity index (χ0n) is 19.0. The van der Waals surface area contributed by atoms with Crippen molar-refractivity contribution in [2.75, 3.05) is 38.0 Å². The SMILES string of the molecule is CN(C)c1ccc(C2(c3ccc(N(C)C)cc3)c3ccc(I)nc3-c3nc(I)ccc32)cc1. The largest absolute Gasteiger partial charge is 0.378 e. The standard InChI is InChI=1S/C27H24I2N4/c1-32(2)19-9-5-17(6-10-19)27(18-7-11-20(12-8-18)33(3)4)21-13-15-23(28)30-25(21)26-22(27)14-16-24(29)31-26/h5-16H,1-4H3. The van der Waals surface area contributed by atoms with Gasteiger partial charge in [0, 0.05) is 39.6 Å². The molecule has 5 rings (SSSR count). The molecule has 0 amide bonds. The van der Waals surface area contributed by atoms with Gasteiger partial charge in [-0.2, -0.15) is 0 Å². The fraction of sp³-hybridized carbons (Fsp3) is 0.185. The third-order valence-corrected chi connectivity index (χ3v) is 7.59. The Hall–Kier alpha value is -2.20. The first-order valence-electron chi connectivity index (χ1n) is 10.7. The first kappa shape index (κ1) is 22.6. The number of fused-ring (bicyclic) bond motifs is 3. The van der Waals surface area contributed by atoms with E-state index in [1.165, 1.54) is 33.6 Å². The smallest absolute Gasteiger partial charge is 0.102 e. The lowest BCUT2D eigenvalue weighted by atomic mass is 9.68. The van der Waals surface area contributed by atoms with E-state index in [9.17, 15) is 0 Å². The summed E-state index contributed by atoms with van der Waals surface area (Å²) in [6, 6.07) is 26.5. The number of anilines is 2. The summed E-state index contributed by atoms with van der Waals surface area (Å²) in [5, 5.41) is 0. The Labute approximate surface area is 222 Å². The van der Waals surface area contributed by atoms with Crippen molar-refractivity contribution in [3.05, 3.63) is 102 Å². The maximum absolute atomic E-state index is 4.98. The predicted octanol–water partition coefficient (Wildman–Crippen LogP) is 6.18. The highest BCUT2D eigenvalue weighted by atomic mass is 127. The molecule has 0 N–H and O–H groups in total. The van der Waals surface area contributed by atoms with Crippen LogP contribution in [0.15, 0.2) is 72.8 Å². The van der Waals surface area contributed by atoms with Crippen molar-refractivity contribution in [3.63, 3.8) is 0 Å². The first-order valence-corrected chi connectivity index (χ1v) is 12.9. The van der Waals surface area contributed by atoms with Crippen molar-refractivity contribution >= 4 is 56.6 Å². The molecular weight excluding hydrogens is 634 g/mol. The maximum Gasteiger partial charge on any atom is 0.102 e. The third kappa shape index (κ3) is 3.62. The molecule has 0 bridgehead atoms. The van der Waals surface area contributed by atoms with E-state index < -0.39 is 5.41 Å². The van der Waals surface area contributed by atoms with Crippen LogP contribution in [0.5, 0.6) is 0 Å². The minimum absolute atomic E-state index is 0.477. The molecule has 0 fully saturated rings. The van der Waals surface area contributed by atoms with Crippen molar-refractivity contribution in [1.82, 2.24) is 9.97 Å². The second-order valence-corrected chi connectivity index (χ2v) is 10.9. The molecule has 0 saturated heterocycles. The average Bonchev–Trinajstić information content (AvgIpc) is 3.09. The molecular formula is C27H24I2N4. The molecule has 6 heteroatoms. The summed E-state index contributed by atoms with van der Waals surface area (Å²) in [5.41, 5.74) is 8.63. The quantitative estimate of drug-likeness (QED) is 0.171. The van der Waals surface area contributed by atoms with Gasteiger partial charge in [0.25, 0.3) is 0 Å². The lowest BCUT2D eigenvalue weighted by Gasteiger charge is -2.34. The lowest BCUT2D eigenvalue weighted by molar-refractivity contribution is 0.763. The van der Waals surface area contributed by atoms with Gasteiger partial charge in [-0.05, 0) is 104 Å². The number of hydrogen-bond donors (Lipinski definition) is 0. The number of rotatable bonds is 4. The van der Waals surface area contributed by atoms with Crippen LogP contribution >= 0.6 is 45.2 Å². The third-order valence-electron chi connectivity index (χ3n) is 6.39. The van der Waals surface area contributed by atoms with E-state index in [0.717, 1.165) is 18.8 Å². The number of pyridine rings is 2. The van der Waals surface area contributed by atoms with Gasteiger partial charge in [0.1, 0.15) is 7.40 Å². The van der Waals surface area contributed by atoms with Gasteiger partial charge in [0.15, 0.2) is 0 Å². The van der Waals surface area contributed by atoms with E-state index in [2.05, 4.69) is 156 Å². The van der Waals surface area contributed by atoms with Crippen LogP contribution in [0.2, 0.25) is 0 Å². The maximum atomic E-state index is 4.98. The van der Waals surface area contributed by atoms with Crippen LogP contribution in [-0.4, -0.2) is 38.2 Å². The molecule has 4 nitrogen and oxygen atoms in total. The van der Waals surface area contributed by atoms with Crippen molar-refractivity contribution < 1.29 is 0 Å². The van der Waals surface area contributed by atoms with Gasteiger partial charge in [-0.25, -0.2) is 9.97 Å². The van der Waals surface area contributed by atoms with Crippen LogP contribution in [0.25, 0.3) is 11.4 Å². The van der Waals surface area contributed by atoms with Crippen molar-refractivity contribution in [2.24, 2.45) is 0 Å². The van der Waals surface area contributed by atoms with E-state index in [-0.39, 0.29) is 0 Å². The summed E-state index contributed by atoms with van der Waals surface area (Å²) in [4.78, 5) is 14.2. The number of halogens is 2. The Kier molecular flexibility index (Phi) is 5.84. The lowest BCUT2D eigenvalue weighted by Crippen LogP contribution is -2.29. The number of hydrogen-bond acceptors (Lipinski definition) is 4. The molecule has 0 radical (unpaired) electrons. The molecule has 0 unspecified atom stereocenters. The van der Waals surface area contributed by atoms with Crippen molar-refractivity contribution in [1.29, 1.82) is 0 Å². The molecule has 2 heterocycles. The highest BCUT2D eigenvalue weighted by Crippen LogP contribution is 2.55. The molecule has 166 valence electrons. The molecule has 0 atom stereocenters. The van der Waals surface area contributed by atoms with Crippen molar-refractivity contribution in [3.8, 4) is 11.4 Å². The van der Waals surface area contributed by atoms with Gasteiger partial charge in [0.2, 0.25) is 0 Å². The molecule has 33 heavy (non-hydrogen) atoms. The van der Waals surface area contributed by atoms with E-state index >= 15 is 0 Å². The molecule has 0 aliphatic heterocycles. The molecule has 2 aromatic carbocycles. The minimum Gasteiger partial charge on any atom is -0.378 e. The zero-order chi connectivity index (χ0) is 23.3. The summed E-state index contributed by atoms with van der Waals surface area (Å²) in [6.45, 7) is 0. The fourth-order valence-corrected chi connectivity index (χ4v) is 5.63. The summed E-state index contributed by atoms with van der Waals surface area (Å²) >= 11 is 4.59. The van der Waals surface area contributed by atoms with E-state index in [4.69, 9.17) is 9.97 Å². The molecule has 4 aromatic rings. The minimum atomic E-state index is -0.477. The van der Waals surface area contributed by atoms with Crippen LogP contribution in [0, 0.1) is 7.40 Å². The molecule has 1 aliphatic rings. The van der Waals surface area contributed by atoms with Crippen LogP contribution in [0.3, 0.4) is 0 Å². The second kappa shape index (κ2) is 8.54. The van der Waals surface area contributed by atoms with Crippen LogP contribution in [0.1, 0.15) is 22.3 Å². The van der Waals surface area contributed by atoms with Gasteiger partial charge in [0.05, 0.1) is 16.8 Å². The van der Waals surface area contributed by atoms with Crippen LogP contribution in [-0.2, 0) is 5.41 Å². The summed E-state index contributed by atoms with van der Waals surface area (Å²) < 4.78 is 1.94. The van der Waals surface area contributed by atoms with Gasteiger partial charge < -0.3 is 9.80 Å². The molecule has 0 spiro atoms. The molecule has 1 aliphatic carbocycles. The highest BCUT2D eigenvalue weighted by molar-refractivity contribution is 14.1. The van der Waals surface area contributed by atoms with Gasteiger partial charge in [-0.3, -0.25) is 0 Å². The number of benzene rings is 2. The van der Waals surface area contributed by atoms with Crippen LogP contribution < -0.4 is 9.80 Å². The van der Waals surface area contributed by atoms with E-state index in [1.54, 1.807) is 0 Å². The zero-order valence-corrected chi connectivity index (χ0v) is 23.3. The van der Waals surface area contributed by atoms with E-state index in [0.29, 0.717) is 0 Å². The average molecular weight is 658 g/mol. The van der Waals surface area contributed by atoms with Gasteiger partial charge in [-0.15, -0.1) is 0 Å². The molecule has 0 saturated carbocycles. The molecule has 2 aromatic heterocycles. The Morgan fingerprint density at radius 1 is 0.545 bits per heavy atom. The number of aromatic nitrogens is 2. The summed E-state index contributed by atoms with van der Waals surface area (Å²) in [7, 11) is 8.29. The Morgan fingerprint density at radius 3 is 1.24 bits per heavy atom. The van der Waals surface area contributed by atoms with Crippen molar-refractivity contribution in [2.45, 2.75) is 5.41 Å². The first-order chi connectivity index (χ1) is 15.8. The second-order valence-electron chi connectivity index (χ2n) is 8.69. The Bertz CT molecular complexity index is 1220. The normalized spacial score (nSPS) is 13.4. The van der Waals surface area contributed by atoms with E-state index in [1.807, 2.05) is 0 Å². The van der Waals surface area contributed by atoms with Crippen LogP contribution in [0.4, 0.5) is 11.4 Å². The van der Waals surface area contributed by atoms with Gasteiger partial charge >= 0.3 is 0 Å². The monoisotopic (exact) mass is 658 g/mol. The summed E-state index contributed by atoms with van der Waals surface area (Å²) in [6.07, 6.45) is 0. The topological polar surface area (TPSA) is 32.3 Å². The predicted molar refractivity (Wildman–Crippen MR) is 153 cm³/mol. The highest BCUT2D eigenvalue weighted by Gasteiger charge is 2.48. The van der Waals surface area contributed by atoms with Gasteiger partial charge in [-0.1, -0.05) is 36.4 Å².